The third-order valence-corrected chi connectivity index (χ3v) is 3.57. The molecule has 1 saturated carbocycles. The van der Waals surface area contributed by atoms with Crippen LogP contribution in [0.1, 0.15) is 31.2 Å². The summed E-state index contributed by atoms with van der Waals surface area (Å²) in [6.45, 7) is 0. The van der Waals surface area contributed by atoms with Crippen molar-refractivity contribution in [1.29, 1.82) is 0 Å². The number of nitrogens with two attached hydrogens (primary N) is 1. The lowest BCUT2D eigenvalue weighted by molar-refractivity contribution is -0.0520. The van der Waals surface area contributed by atoms with Crippen LogP contribution in [0.2, 0.25) is 0 Å². The molecule has 0 heterocycles. The van der Waals surface area contributed by atoms with Crippen molar-refractivity contribution in [2.75, 3.05) is 7.11 Å². The molecule has 1 aliphatic rings. The Morgan fingerprint density at radius 3 is 2.33 bits per heavy atom. The summed E-state index contributed by atoms with van der Waals surface area (Å²) >= 11 is 0. The number of methoxy groups -OCH3 is 1. The van der Waals surface area contributed by atoms with E-state index >= 15 is 0 Å². The Morgan fingerprint density at radius 2 is 1.78 bits per heavy atom. The molecule has 1 fully saturated rings. The second-order valence-electron chi connectivity index (χ2n) is 4.83. The van der Waals surface area contributed by atoms with E-state index in [9.17, 15) is 13.2 Å². The fourth-order valence-corrected chi connectivity index (χ4v) is 2.47. The van der Waals surface area contributed by atoms with E-state index < -0.39 is 17.3 Å². The molecule has 100 valence electrons. The summed E-state index contributed by atoms with van der Waals surface area (Å²) in [6, 6.07) is 4.39. The molecule has 2 N–H and O–H groups in total. The van der Waals surface area contributed by atoms with E-state index in [2.05, 4.69) is 0 Å². The molecule has 1 aliphatic carbocycles. The lowest BCUT2D eigenvalue weighted by Gasteiger charge is -2.38. The van der Waals surface area contributed by atoms with Crippen LogP contribution in [0.3, 0.4) is 0 Å². The predicted octanol–water partition coefficient (Wildman–Crippen LogP) is 3.20. The smallest absolute Gasteiger partial charge is 0.248 e. The van der Waals surface area contributed by atoms with Gasteiger partial charge in [-0.15, -0.1) is 0 Å². The molecule has 0 spiro atoms. The quantitative estimate of drug-likeness (QED) is 0.885. The van der Waals surface area contributed by atoms with E-state index in [0.717, 1.165) is 0 Å². The Balaban J connectivity index is 2.37. The Bertz CT molecular complexity index is 438. The Labute approximate surface area is 104 Å². The average molecular weight is 259 g/mol. The predicted molar refractivity (Wildman–Crippen MR) is 62.2 cm³/mol. The molecule has 0 atom stereocenters. The van der Waals surface area contributed by atoms with Gasteiger partial charge in [-0.05, 0) is 25.0 Å². The van der Waals surface area contributed by atoms with Crippen molar-refractivity contribution in [3.63, 3.8) is 0 Å². The summed E-state index contributed by atoms with van der Waals surface area (Å²) in [5.74, 6) is -2.87. The summed E-state index contributed by atoms with van der Waals surface area (Å²) in [5, 5.41) is 0. The summed E-state index contributed by atoms with van der Waals surface area (Å²) in [7, 11) is 1.42. The van der Waals surface area contributed by atoms with Gasteiger partial charge in [-0.3, -0.25) is 0 Å². The van der Waals surface area contributed by atoms with E-state index in [-0.39, 0.29) is 31.2 Å². The molecule has 1 aromatic rings. The molecule has 0 aliphatic heterocycles. The van der Waals surface area contributed by atoms with Crippen molar-refractivity contribution in [2.24, 2.45) is 5.73 Å². The highest BCUT2D eigenvalue weighted by atomic mass is 19.3. The van der Waals surface area contributed by atoms with Crippen molar-refractivity contribution in [2.45, 2.75) is 37.1 Å². The normalized spacial score (nSPS) is 21.6. The summed E-state index contributed by atoms with van der Waals surface area (Å²) in [6.07, 6.45) is -0.531. The maximum atomic E-state index is 13.9. The van der Waals surface area contributed by atoms with Crippen LogP contribution in [-0.4, -0.2) is 13.0 Å². The van der Waals surface area contributed by atoms with Crippen molar-refractivity contribution < 1.29 is 17.9 Å². The van der Waals surface area contributed by atoms with Crippen LogP contribution in [0.5, 0.6) is 5.75 Å². The van der Waals surface area contributed by atoms with E-state index in [1.807, 2.05) is 0 Å². The number of halogens is 3. The van der Waals surface area contributed by atoms with Gasteiger partial charge in [0.15, 0.2) is 0 Å². The van der Waals surface area contributed by atoms with Gasteiger partial charge in [0.05, 0.1) is 7.11 Å². The highest BCUT2D eigenvalue weighted by Crippen LogP contribution is 2.45. The van der Waals surface area contributed by atoms with Crippen molar-refractivity contribution in [1.82, 2.24) is 0 Å². The molecule has 0 unspecified atom stereocenters. The molecule has 0 saturated heterocycles. The first-order valence-electron chi connectivity index (χ1n) is 5.88. The lowest BCUT2D eigenvalue weighted by atomic mass is 9.75. The Morgan fingerprint density at radius 1 is 1.17 bits per heavy atom. The van der Waals surface area contributed by atoms with Gasteiger partial charge in [0.1, 0.15) is 11.6 Å². The molecule has 2 rings (SSSR count). The van der Waals surface area contributed by atoms with Gasteiger partial charge in [0, 0.05) is 23.9 Å². The number of hydrogen-bond acceptors (Lipinski definition) is 2. The van der Waals surface area contributed by atoms with E-state index in [4.69, 9.17) is 10.5 Å². The molecular formula is C13H16F3NO. The highest BCUT2D eigenvalue weighted by molar-refractivity contribution is 5.40. The first-order chi connectivity index (χ1) is 8.38. The zero-order chi connectivity index (χ0) is 13.4. The maximum absolute atomic E-state index is 13.9. The first-order valence-corrected chi connectivity index (χ1v) is 5.88. The number of rotatable bonds is 2. The van der Waals surface area contributed by atoms with E-state index in [1.165, 1.54) is 19.2 Å². The number of alkyl halides is 2. The summed E-state index contributed by atoms with van der Waals surface area (Å²) in [5.41, 5.74) is 5.27. The van der Waals surface area contributed by atoms with Gasteiger partial charge in [-0.25, -0.2) is 13.2 Å². The zero-order valence-electron chi connectivity index (χ0n) is 10.2. The second kappa shape index (κ2) is 4.46. The molecular weight excluding hydrogens is 243 g/mol. The molecule has 0 bridgehead atoms. The van der Waals surface area contributed by atoms with Crippen molar-refractivity contribution >= 4 is 0 Å². The highest BCUT2D eigenvalue weighted by Gasteiger charge is 2.44. The molecule has 0 amide bonds. The third-order valence-electron chi connectivity index (χ3n) is 3.57. The lowest BCUT2D eigenvalue weighted by Crippen LogP contribution is -2.44. The average Bonchev–Trinajstić information content (AvgIpc) is 2.33. The first kappa shape index (κ1) is 13.2. The molecule has 2 nitrogen and oxygen atoms in total. The second-order valence-corrected chi connectivity index (χ2v) is 4.83. The minimum Gasteiger partial charge on any atom is -0.496 e. The van der Waals surface area contributed by atoms with Gasteiger partial charge in [0.25, 0.3) is 0 Å². The third kappa shape index (κ3) is 2.32. The SMILES string of the molecule is COc1cccc(F)c1C1(N)CCC(F)(F)CC1. The zero-order valence-corrected chi connectivity index (χ0v) is 10.2. The monoisotopic (exact) mass is 259 g/mol. The summed E-state index contributed by atoms with van der Waals surface area (Å²) in [4.78, 5) is 0. The minimum absolute atomic E-state index is 0.0529. The Hall–Kier alpha value is -1.23. The van der Waals surface area contributed by atoms with Crippen LogP contribution in [0.25, 0.3) is 0 Å². The van der Waals surface area contributed by atoms with Gasteiger partial charge < -0.3 is 10.5 Å². The van der Waals surface area contributed by atoms with E-state index in [1.54, 1.807) is 6.07 Å². The topological polar surface area (TPSA) is 35.2 Å². The number of hydrogen-bond donors (Lipinski definition) is 1. The van der Waals surface area contributed by atoms with Crippen LogP contribution in [0.4, 0.5) is 13.2 Å². The molecule has 0 aromatic heterocycles. The minimum atomic E-state index is -2.69. The maximum Gasteiger partial charge on any atom is 0.248 e. The summed E-state index contributed by atoms with van der Waals surface area (Å²) < 4.78 is 45.3. The van der Waals surface area contributed by atoms with Gasteiger partial charge in [0.2, 0.25) is 5.92 Å². The fraction of sp³-hybridized carbons (Fsp3) is 0.538. The molecule has 5 heteroatoms. The standard InChI is InChI=1S/C13H16F3NO/c1-18-10-4-2-3-9(14)11(10)12(17)5-7-13(15,16)8-6-12/h2-4H,5-8,17H2,1H3. The fourth-order valence-electron chi connectivity index (χ4n) is 2.47. The largest absolute Gasteiger partial charge is 0.496 e. The van der Waals surface area contributed by atoms with Crippen molar-refractivity contribution in [3.05, 3.63) is 29.6 Å². The van der Waals surface area contributed by atoms with Crippen LogP contribution in [0.15, 0.2) is 18.2 Å². The molecule has 18 heavy (non-hydrogen) atoms. The van der Waals surface area contributed by atoms with Crippen LogP contribution < -0.4 is 10.5 Å². The number of benzene rings is 1. The molecule has 1 aromatic carbocycles. The van der Waals surface area contributed by atoms with Crippen LogP contribution in [-0.2, 0) is 5.54 Å². The van der Waals surface area contributed by atoms with E-state index in [0.29, 0.717) is 5.75 Å². The van der Waals surface area contributed by atoms with Crippen LogP contribution in [0, 0.1) is 5.82 Å². The van der Waals surface area contributed by atoms with Crippen molar-refractivity contribution in [3.8, 4) is 5.75 Å². The molecule has 0 radical (unpaired) electrons. The van der Waals surface area contributed by atoms with Gasteiger partial charge in [-0.1, -0.05) is 6.07 Å². The van der Waals surface area contributed by atoms with Gasteiger partial charge >= 0.3 is 0 Å². The number of ether oxygens (including phenoxy) is 1. The van der Waals surface area contributed by atoms with Crippen LogP contribution >= 0.6 is 0 Å². The Kier molecular flexibility index (Phi) is 3.27. The van der Waals surface area contributed by atoms with Gasteiger partial charge in [-0.2, -0.15) is 0 Å².